The van der Waals surface area contributed by atoms with Crippen LogP contribution in [0, 0.1) is 4.99 Å². The number of halogens is 2. The molecule has 0 aliphatic carbocycles. The van der Waals surface area contributed by atoms with E-state index < -0.39 is 0 Å². The molecule has 1 radical (unpaired) electrons. The lowest BCUT2D eigenvalue weighted by Gasteiger charge is -1.67. The Labute approximate surface area is 45.0 Å². The first kappa shape index (κ1) is 5.51. The quantitative estimate of drug-likeness (QED) is 0.502. The lowest BCUT2D eigenvalue weighted by molar-refractivity contribution is 1.69. The Morgan fingerprint density at radius 3 is 2.20 bits per heavy atom. The smallest absolute Gasteiger partial charge is 0.0471 e. The third kappa shape index (κ3) is 4.51. The molecule has 0 aliphatic rings. The maximum absolute atomic E-state index is 5.22. The van der Waals surface area contributed by atoms with Crippen molar-refractivity contribution in [1.82, 2.24) is 0 Å². The second-order valence-corrected chi connectivity index (χ2v) is 1.59. The minimum atomic E-state index is 0.644. The van der Waals surface area contributed by atoms with Gasteiger partial charge in [0, 0.05) is 10.0 Å². The summed E-state index contributed by atoms with van der Waals surface area (Å²) in [6.07, 6.45) is 0. The highest BCUT2D eigenvalue weighted by Gasteiger charge is 1.67. The van der Waals surface area contributed by atoms with Gasteiger partial charge in [-0.25, -0.2) is 0 Å². The fraction of sp³-hybridized carbons (Fsp3) is 0.333. The van der Waals surface area contributed by atoms with Crippen LogP contribution in [0.25, 0.3) is 0 Å². The molecule has 29 valence electrons. The van der Waals surface area contributed by atoms with Crippen molar-refractivity contribution in [1.29, 1.82) is 0 Å². The van der Waals surface area contributed by atoms with Gasteiger partial charge in [-0.15, -0.1) is 0 Å². The zero-order valence-electron chi connectivity index (χ0n) is 2.76. The van der Waals surface area contributed by atoms with Gasteiger partial charge in [0.2, 0.25) is 0 Å². The van der Waals surface area contributed by atoms with Crippen LogP contribution in [0.2, 0.25) is 0 Å². The summed E-state index contributed by atoms with van der Waals surface area (Å²) in [5, 5.41) is 0.644. The molecule has 0 bridgehead atoms. The number of allylic oxidation sites excluding steroid dienone is 1. The molecule has 0 unspecified atom stereocenters. The molecule has 0 rings (SSSR count). The van der Waals surface area contributed by atoms with Crippen LogP contribution in [-0.2, 0) is 0 Å². The van der Waals surface area contributed by atoms with Gasteiger partial charge in [-0.3, -0.25) is 0 Å². The van der Waals surface area contributed by atoms with Gasteiger partial charge in [0.25, 0.3) is 0 Å². The molecule has 5 heavy (non-hydrogen) atoms. The van der Waals surface area contributed by atoms with Crippen molar-refractivity contribution in [3.05, 3.63) is 10.0 Å². The van der Waals surface area contributed by atoms with E-state index in [1.807, 2.05) is 0 Å². The number of rotatable bonds is 0. The highest BCUT2D eigenvalue weighted by molar-refractivity contribution is 9.10. The van der Waals surface area contributed by atoms with Crippen molar-refractivity contribution in [3.8, 4) is 0 Å². The van der Waals surface area contributed by atoms with E-state index in [2.05, 4.69) is 20.9 Å². The van der Waals surface area contributed by atoms with Gasteiger partial charge >= 0.3 is 0 Å². The van der Waals surface area contributed by atoms with Crippen LogP contribution < -0.4 is 0 Å². The zero-order valence-corrected chi connectivity index (χ0v) is 5.10. The van der Waals surface area contributed by atoms with E-state index in [4.69, 9.17) is 11.6 Å². The highest BCUT2D eigenvalue weighted by atomic mass is 79.9. The van der Waals surface area contributed by atoms with E-state index in [0.29, 0.717) is 5.03 Å². The second-order valence-electron chi connectivity index (χ2n) is 0.628. The molecule has 0 aromatic rings. The first-order valence-corrected chi connectivity index (χ1v) is 2.30. The molecule has 0 atom stereocenters. The van der Waals surface area contributed by atoms with Gasteiger partial charge in [0.05, 0.1) is 0 Å². The third-order valence-electron chi connectivity index (χ3n) is 0.130. The van der Waals surface area contributed by atoms with E-state index in [9.17, 15) is 0 Å². The molecular weight excluding hydrogens is 151 g/mol. The molecule has 0 saturated heterocycles. The molecule has 0 N–H and O–H groups in total. The molecule has 0 fully saturated rings. The average molecular weight is 154 g/mol. The maximum Gasteiger partial charge on any atom is 0.0471 e. The van der Waals surface area contributed by atoms with Crippen LogP contribution in [-0.4, -0.2) is 0 Å². The minimum Gasteiger partial charge on any atom is -0.0882 e. The summed E-state index contributed by atoms with van der Waals surface area (Å²) >= 11 is 8.12. The van der Waals surface area contributed by atoms with Crippen LogP contribution in [0.15, 0.2) is 5.03 Å². The average Bonchev–Trinajstić information content (AvgIpc) is 1.38. The van der Waals surface area contributed by atoms with Gasteiger partial charge < -0.3 is 0 Å². The Balaban J connectivity index is 3.14. The van der Waals surface area contributed by atoms with Crippen LogP contribution in [0.1, 0.15) is 6.92 Å². The van der Waals surface area contributed by atoms with E-state index in [1.54, 1.807) is 6.92 Å². The fourth-order valence-corrected chi connectivity index (χ4v) is 0. The van der Waals surface area contributed by atoms with E-state index in [-0.39, 0.29) is 0 Å². The van der Waals surface area contributed by atoms with Crippen LogP contribution in [0.5, 0.6) is 0 Å². The fourth-order valence-electron chi connectivity index (χ4n) is 0. The molecule has 0 saturated carbocycles. The van der Waals surface area contributed by atoms with Gasteiger partial charge in [-0.2, -0.15) is 0 Å². The van der Waals surface area contributed by atoms with E-state index in [1.165, 1.54) is 0 Å². The predicted octanol–water partition coefficient (Wildman–Crippen LogP) is 2.28. The molecule has 0 aromatic carbocycles. The van der Waals surface area contributed by atoms with Crippen molar-refractivity contribution >= 4 is 27.5 Å². The third-order valence-corrected chi connectivity index (χ3v) is 1.05. The largest absolute Gasteiger partial charge is 0.0882 e. The molecule has 0 amide bonds. The standard InChI is InChI=1S/C3H3BrCl/c1-3(5)2-4/h1H3. The molecule has 2 heteroatoms. The van der Waals surface area contributed by atoms with Crippen molar-refractivity contribution in [3.63, 3.8) is 0 Å². The SMILES string of the molecule is C/C(Cl)=[C]/Br. The summed E-state index contributed by atoms with van der Waals surface area (Å²) in [6, 6.07) is 0. The van der Waals surface area contributed by atoms with E-state index >= 15 is 0 Å². The lowest BCUT2D eigenvalue weighted by atomic mass is 10.8. The summed E-state index contributed by atoms with van der Waals surface area (Å²) in [6.45, 7) is 1.75. The Hall–Kier alpha value is 0.510. The monoisotopic (exact) mass is 153 g/mol. The summed E-state index contributed by atoms with van der Waals surface area (Å²) < 4.78 is 0. The van der Waals surface area contributed by atoms with Crippen LogP contribution in [0.4, 0.5) is 0 Å². The van der Waals surface area contributed by atoms with Crippen molar-refractivity contribution in [2.24, 2.45) is 0 Å². The molecular formula is C3H3BrCl. The summed E-state index contributed by atoms with van der Waals surface area (Å²) in [4.78, 5) is 2.52. The molecule has 0 heterocycles. The van der Waals surface area contributed by atoms with E-state index in [0.717, 1.165) is 0 Å². The first-order valence-electron chi connectivity index (χ1n) is 1.13. The summed E-state index contributed by atoms with van der Waals surface area (Å²) in [5.41, 5.74) is 0. The number of hydrogen-bond donors (Lipinski definition) is 0. The van der Waals surface area contributed by atoms with Crippen LogP contribution >= 0.6 is 27.5 Å². The highest BCUT2D eigenvalue weighted by Crippen LogP contribution is 1.98. The minimum absolute atomic E-state index is 0.644. The Morgan fingerprint density at radius 1 is 2.00 bits per heavy atom. The normalized spacial score (nSPS) is 12.2. The van der Waals surface area contributed by atoms with Crippen molar-refractivity contribution < 1.29 is 0 Å². The first-order chi connectivity index (χ1) is 2.27. The molecule has 0 aliphatic heterocycles. The second kappa shape index (κ2) is 2.73. The summed E-state index contributed by atoms with van der Waals surface area (Å²) in [5.74, 6) is 0. The summed E-state index contributed by atoms with van der Waals surface area (Å²) in [7, 11) is 0. The van der Waals surface area contributed by atoms with Gasteiger partial charge in [-0.1, -0.05) is 11.6 Å². The zero-order chi connectivity index (χ0) is 4.28. The van der Waals surface area contributed by atoms with Gasteiger partial charge in [-0.05, 0) is 22.9 Å². The predicted molar refractivity (Wildman–Crippen MR) is 27.2 cm³/mol. The lowest BCUT2D eigenvalue weighted by Crippen LogP contribution is -1.42. The maximum atomic E-state index is 5.22. The van der Waals surface area contributed by atoms with Gasteiger partial charge in [0.15, 0.2) is 0 Å². The van der Waals surface area contributed by atoms with Crippen molar-refractivity contribution in [2.75, 3.05) is 0 Å². The number of hydrogen-bond acceptors (Lipinski definition) is 0. The molecule has 0 nitrogen and oxygen atoms in total. The van der Waals surface area contributed by atoms with Crippen molar-refractivity contribution in [2.45, 2.75) is 6.92 Å². The Bertz CT molecular complexity index is 44.9. The topological polar surface area (TPSA) is 0 Å². The van der Waals surface area contributed by atoms with Crippen LogP contribution in [0.3, 0.4) is 0 Å². The Kier molecular flexibility index (Phi) is 3.01. The molecule has 0 spiro atoms. The Morgan fingerprint density at radius 2 is 2.20 bits per heavy atom. The molecule has 0 aromatic heterocycles. The van der Waals surface area contributed by atoms with Gasteiger partial charge in [0.1, 0.15) is 0 Å².